The highest BCUT2D eigenvalue weighted by Crippen LogP contribution is 2.35. The van der Waals surface area contributed by atoms with Crippen molar-refractivity contribution >= 4 is 17.2 Å². The van der Waals surface area contributed by atoms with E-state index in [4.69, 9.17) is 4.74 Å². The number of hydrogen-bond donors (Lipinski definition) is 2. The maximum absolute atomic E-state index is 13.0. The number of ether oxygens (including phenoxy) is 1. The minimum atomic E-state index is -0.0987. The Bertz CT molecular complexity index is 1050. The van der Waals surface area contributed by atoms with Gasteiger partial charge < -0.3 is 15.4 Å². The lowest BCUT2D eigenvalue weighted by atomic mass is 9.85. The summed E-state index contributed by atoms with van der Waals surface area (Å²) in [4.78, 5) is 13.0. The van der Waals surface area contributed by atoms with Crippen LogP contribution in [0.3, 0.4) is 0 Å². The van der Waals surface area contributed by atoms with Crippen LogP contribution in [0.5, 0.6) is 5.75 Å². The number of methoxy groups -OCH3 is 1. The Morgan fingerprint density at radius 2 is 2.11 bits per heavy atom. The average Bonchev–Trinajstić information content (AvgIpc) is 3.08. The van der Waals surface area contributed by atoms with Gasteiger partial charge in [-0.25, -0.2) is 0 Å². The first-order valence-corrected chi connectivity index (χ1v) is 9.80. The number of carbonyl (C=O) groups excluding carboxylic acids is 1. The molecule has 0 unspecified atom stereocenters. The minimum Gasteiger partial charge on any atom is -0.496 e. The Labute approximate surface area is 163 Å². The van der Waals surface area contributed by atoms with Crippen LogP contribution in [-0.2, 0) is 13.0 Å². The van der Waals surface area contributed by atoms with E-state index < -0.39 is 0 Å². The smallest absolute Gasteiger partial charge is 0.255 e. The molecule has 1 fully saturated rings. The Balaban J connectivity index is 1.46. The molecule has 5 rings (SSSR count). The molecule has 7 nitrogen and oxygen atoms in total. The van der Waals surface area contributed by atoms with E-state index in [2.05, 4.69) is 20.8 Å². The summed E-state index contributed by atoms with van der Waals surface area (Å²) >= 11 is 0. The van der Waals surface area contributed by atoms with Crippen LogP contribution in [0.2, 0.25) is 0 Å². The van der Waals surface area contributed by atoms with Crippen LogP contribution in [0.1, 0.15) is 52.5 Å². The van der Waals surface area contributed by atoms with E-state index in [1.165, 1.54) is 6.42 Å². The summed E-state index contributed by atoms with van der Waals surface area (Å²) in [5.74, 6) is 2.19. The van der Waals surface area contributed by atoms with Gasteiger partial charge in [-0.1, -0.05) is 6.42 Å². The molecule has 144 valence electrons. The molecule has 3 aromatic rings. The second kappa shape index (κ2) is 6.91. The first-order valence-electron chi connectivity index (χ1n) is 9.80. The maximum Gasteiger partial charge on any atom is 0.255 e. The molecule has 2 aliphatic rings. The number of aromatic nitrogens is 3. The molecule has 0 saturated heterocycles. The van der Waals surface area contributed by atoms with Crippen LogP contribution in [0.25, 0.3) is 5.65 Å². The van der Waals surface area contributed by atoms with Crippen molar-refractivity contribution in [2.24, 2.45) is 0 Å². The zero-order valence-electron chi connectivity index (χ0n) is 15.9. The van der Waals surface area contributed by atoms with Crippen LogP contribution in [0.4, 0.5) is 5.69 Å². The molecule has 3 heterocycles. The molecular weight excluding hydrogens is 354 g/mol. The lowest BCUT2D eigenvalue weighted by Gasteiger charge is -2.23. The number of amides is 1. The van der Waals surface area contributed by atoms with Gasteiger partial charge in [0.2, 0.25) is 0 Å². The summed E-state index contributed by atoms with van der Waals surface area (Å²) in [7, 11) is 1.66. The van der Waals surface area contributed by atoms with E-state index in [9.17, 15) is 4.79 Å². The molecule has 0 radical (unpaired) electrons. The largest absolute Gasteiger partial charge is 0.496 e. The Morgan fingerprint density at radius 1 is 1.21 bits per heavy atom. The molecular formula is C21H23N5O2. The summed E-state index contributed by atoms with van der Waals surface area (Å²) < 4.78 is 7.47. The molecule has 2 aromatic heterocycles. The van der Waals surface area contributed by atoms with E-state index in [1.807, 2.05) is 34.9 Å². The van der Waals surface area contributed by atoms with Crippen molar-refractivity contribution in [3.63, 3.8) is 0 Å². The van der Waals surface area contributed by atoms with Crippen molar-refractivity contribution in [1.82, 2.24) is 19.9 Å². The maximum atomic E-state index is 13.0. The van der Waals surface area contributed by atoms with Gasteiger partial charge in [0.15, 0.2) is 5.65 Å². The van der Waals surface area contributed by atoms with Crippen molar-refractivity contribution in [1.29, 1.82) is 0 Å². The molecule has 0 spiro atoms. The van der Waals surface area contributed by atoms with Gasteiger partial charge in [-0.05, 0) is 55.6 Å². The summed E-state index contributed by atoms with van der Waals surface area (Å²) in [6.45, 7) is 1.58. The third-order valence-electron chi connectivity index (χ3n) is 5.86. The summed E-state index contributed by atoms with van der Waals surface area (Å²) in [5, 5.41) is 15.0. The van der Waals surface area contributed by atoms with Crippen molar-refractivity contribution in [3.05, 3.63) is 53.0 Å². The monoisotopic (exact) mass is 377 g/mol. The summed E-state index contributed by atoms with van der Waals surface area (Å²) in [6, 6.07) is 7.51. The van der Waals surface area contributed by atoms with Crippen LogP contribution in [0.15, 0.2) is 30.5 Å². The number of nitrogens with one attached hydrogen (secondary N) is 2. The first kappa shape index (κ1) is 17.2. The molecule has 1 saturated carbocycles. The van der Waals surface area contributed by atoms with Gasteiger partial charge in [-0.15, -0.1) is 10.2 Å². The predicted octanol–water partition coefficient (Wildman–Crippen LogP) is 2.90. The second-order valence-electron chi connectivity index (χ2n) is 7.49. The lowest BCUT2D eigenvalue weighted by Crippen LogP contribution is -2.27. The zero-order valence-corrected chi connectivity index (χ0v) is 15.9. The molecule has 28 heavy (non-hydrogen) atoms. The van der Waals surface area contributed by atoms with Crippen molar-refractivity contribution in [3.8, 4) is 5.75 Å². The Morgan fingerprint density at radius 3 is 2.89 bits per heavy atom. The fraction of sp³-hybridized carbons (Fsp3) is 0.381. The van der Waals surface area contributed by atoms with E-state index in [-0.39, 0.29) is 5.91 Å². The van der Waals surface area contributed by atoms with E-state index in [0.717, 1.165) is 66.4 Å². The van der Waals surface area contributed by atoms with Crippen LogP contribution in [-0.4, -0.2) is 34.2 Å². The van der Waals surface area contributed by atoms with Crippen LogP contribution in [0, 0.1) is 0 Å². The summed E-state index contributed by atoms with van der Waals surface area (Å²) in [6.07, 6.45) is 6.30. The van der Waals surface area contributed by atoms with Gasteiger partial charge in [0.1, 0.15) is 11.6 Å². The number of nitrogens with zero attached hydrogens (tertiary/aromatic N) is 3. The van der Waals surface area contributed by atoms with Crippen LogP contribution < -0.4 is 15.4 Å². The van der Waals surface area contributed by atoms with Gasteiger partial charge in [-0.3, -0.25) is 9.20 Å². The lowest BCUT2D eigenvalue weighted by molar-refractivity contribution is 0.102. The van der Waals surface area contributed by atoms with Gasteiger partial charge in [0, 0.05) is 29.8 Å². The van der Waals surface area contributed by atoms with E-state index in [1.54, 1.807) is 7.11 Å². The van der Waals surface area contributed by atoms with Crippen molar-refractivity contribution in [2.75, 3.05) is 19.0 Å². The third kappa shape index (κ3) is 2.82. The van der Waals surface area contributed by atoms with Crippen molar-refractivity contribution < 1.29 is 9.53 Å². The normalized spacial score (nSPS) is 16.5. The van der Waals surface area contributed by atoms with E-state index in [0.29, 0.717) is 11.5 Å². The highest BCUT2D eigenvalue weighted by Gasteiger charge is 2.25. The van der Waals surface area contributed by atoms with Gasteiger partial charge >= 0.3 is 0 Å². The molecule has 1 aliphatic heterocycles. The predicted molar refractivity (Wildman–Crippen MR) is 106 cm³/mol. The standard InChI is InChI=1S/C21H23N5O2/c1-28-18-7-6-16(15-9-10-22-11-17(15)18)21(27)23-14-5-8-19-24-25-20(26(19)12-14)13-3-2-4-13/h5-8,12-13,22H,2-4,9-11H2,1H3,(H,23,27). The number of fused-ring (bicyclic) bond motifs is 2. The number of rotatable bonds is 4. The van der Waals surface area contributed by atoms with Gasteiger partial charge in [0.25, 0.3) is 5.91 Å². The first-order chi connectivity index (χ1) is 13.7. The van der Waals surface area contributed by atoms with E-state index >= 15 is 0 Å². The number of benzene rings is 1. The number of carbonyl (C=O) groups is 1. The SMILES string of the molecule is COc1ccc(C(=O)Nc2ccc3nnc(C4CCC4)n3c2)c2c1CNCC2. The summed E-state index contributed by atoms with van der Waals surface area (Å²) in [5.41, 5.74) is 4.41. The topological polar surface area (TPSA) is 80.5 Å². The molecule has 1 amide bonds. The minimum absolute atomic E-state index is 0.0987. The quantitative estimate of drug-likeness (QED) is 0.731. The zero-order chi connectivity index (χ0) is 19.1. The highest BCUT2D eigenvalue weighted by molar-refractivity contribution is 6.05. The fourth-order valence-electron chi connectivity index (χ4n) is 4.11. The number of anilines is 1. The third-order valence-corrected chi connectivity index (χ3v) is 5.86. The molecule has 7 heteroatoms. The second-order valence-corrected chi connectivity index (χ2v) is 7.49. The molecule has 2 N–H and O–H groups in total. The molecule has 1 aromatic carbocycles. The highest BCUT2D eigenvalue weighted by atomic mass is 16.5. The Kier molecular flexibility index (Phi) is 4.24. The van der Waals surface area contributed by atoms with Crippen molar-refractivity contribution in [2.45, 2.75) is 38.1 Å². The van der Waals surface area contributed by atoms with Gasteiger partial charge in [0.05, 0.1) is 12.8 Å². The average molecular weight is 377 g/mol. The van der Waals surface area contributed by atoms with Gasteiger partial charge in [-0.2, -0.15) is 0 Å². The molecule has 0 atom stereocenters. The molecule has 1 aliphatic carbocycles. The van der Waals surface area contributed by atoms with Crippen LogP contribution >= 0.6 is 0 Å². The Hall–Kier alpha value is -2.93. The number of pyridine rings is 1. The molecule has 0 bridgehead atoms. The number of hydrogen-bond acceptors (Lipinski definition) is 5. The fourth-order valence-corrected chi connectivity index (χ4v) is 4.11.